The van der Waals surface area contributed by atoms with E-state index in [0.717, 1.165) is 17.2 Å². The lowest BCUT2D eigenvalue weighted by atomic mass is 9.78. The van der Waals surface area contributed by atoms with Gasteiger partial charge in [0.15, 0.2) is 0 Å². The van der Waals surface area contributed by atoms with E-state index < -0.39 is 11.2 Å². The van der Waals surface area contributed by atoms with Gasteiger partial charge in [-0.15, -0.1) is 0 Å². The van der Waals surface area contributed by atoms with Gasteiger partial charge in [0.25, 0.3) is 0 Å². The molecule has 1 fully saturated rings. The quantitative estimate of drug-likeness (QED) is 0.370. The lowest BCUT2D eigenvalue weighted by Gasteiger charge is -2.26. The summed E-state index contributed by atoms with van der Waals surface area (Å²) in [7, 11) is 1.61. The summed E-state index contributed by atoms with van der Waals surface area (Å²) in [6.45, 7) is 2.33. The molecule has 0 amide bonds. The van der Waals surface area contributed by atoms with Gasteiger partial charge < -0.3 is 24.4 Å². The number of hydrogen-bond acceptors (Lipinski definition) is 6. The molecule has 7 nitrogen and oxygen atoms in total. The standard InChI is InChI=1S/C29H26N2O5/c1-28-12-13-29(36-28,14-15-35-20-7-5-6-19(16-20)34-2)25-24(28)26(32)31(27(25)33)23-11-10-18(17-30)21-8-3-4-9-22(21)23/h3-11,16,32-33H,12-15H2,1-2H3/t28-,29-/m0/s1. The second-order valence-corrected chi connectivity index (χ2v) is 9.63. The molecule has 2 N–H and O–H groups in total. The number of aromatic hydroxyl groups is 2. The highest BCUT2D eigenvalue weighted by molar-refractivity contribution is 5.95. The van der Waals surface area contributed by atoms with Gasteiger partial charge in [-0.25, -0.2) is 0 Å². The largest absolute Gasteiger partial charge is 0.497 e. The first kappa shape index (κ1) is 22.3. The maximum atomic E-state index is 11.6. The van der Waals surface area contributed by atoms with Gasteiger partial charge >= 0.3 is 0 Å². The van der Waals surface area contributed by atoms with Crippen LogP contribution in [0, 0.1) is 11.3 Å². The summed E-state index contributed by atoms with van der Waals surface area (Å²) in [4.78, 5) is 0. The Bertz CT molecular complexity index is 1550. The Balaban J connectivity index is 1.41. The highest BCUT2D eigenvalue weighted by Crippen LogP contribution is 2.65. The van der Waals surface area contributed by atoms with Gasteiger partial charge in [0.05, 0.1) is 47.8 Å². The Morgan fingerprint density at radius 1 is 0.972 bits per heavy atom. The molecule has 1 saturated heterocycles. The third-order valence-electron chi connectivity index (χ3n) is 7.61. The van der Waals surface area contributed by atoms with Gasteiger partial charge in [-0.1, -0.05) is 30.3 Å². The summed E-state index contributed by atoms with van der Waals surface area (Å²) in [6.07, 6.45) is 1.95. The smallest absolute Gasteiger partial charge is 0.205 e. The predicted octanol–water partition coefficient (Wildman–Crippen LogP) is 5.63. The third-order valence-corrected chi connectivity index (χ3v) is 7.61. The molecular formula is C29H26N2O5. The molecule has 36 heavy (non-hydrogen) atoms. The van der Waals surface area contributed by atoms with Crippen LogP contribution in [0.5, 0.6) is 23.3 Å². The fourth-order valence-electron chi connectivity index (χ4n) is 5.94. The number of nitriles is 1. The number of nitrogens with zero attached hydrogens (tertiary/aromatic N) is 2. The molecule has 3 aromatic carbocycles. The lowest BCUT2D eigenvalue weighted by molar-refractivity contribution is -0.0876. The molecule has 0 aliphatic carbocycles. The van der Waals surface area contributed by atoms with Crippen molar-refractivity contribution in [1.82, 2.24) is 4.57 Å². The maximum Gasteiger partial charge on any atom is 0.205 e. The second kappa shape index (κ2) is 7.94. The van der Waals surface area contributed by atoms with Crippen molar-refractivity contribution in [2.75, 3.05) is 13.7 Å². The molecule has 182 valence electrons. The molecule has 2 atom stereocenters. The number of fused-ring (bicyclic) bond motifs is 6. The van der Waals surface area contributed by atoms with E-state index in [0.29, 0.717) is 53.3 Å². The van der Waals surface area contributed by atoms with Crippen molar-refractivity contribution in [3.63, 3.8) is 0 Å². The molecule has 0 saturated carbocycles. The maximum absolute atomic E-state index is 11.6. The van der Waals surface area contributed by atoms with Crippen LogP contribution in [-0.4, -0.2) is 28.5 Å². The van der Waals surface area contributed by atoms with Gasteiger partial charge in [-0.05, 0) is 44.0 Å². The molecule has 7 heteroatoms. The zero-order chi connectivity index (χ0) is 25.1. The predicted molar refractivity (Wildman–Crippen MR) is 134 cm³/mol. The Kier molecular flexibility index (Phi) is 4.92. The van der Waals surface area contributed by atoms with E-state index in [4.69, 9.17) is 14.2 Å². The van der Waals surface area contributed by atoms with E-state index in [1.807, 2.05) is 55.5 Å². The van der Waals surface area contributed by atoms with Gasteiger partial charge in [0.2, 0.25) is 11.8 Å². The SMILES string of the molecule is COc1cccc(OCC[C@]23CC[C@](C)(O2)c2c3c(O)n(-c3ccc(C#N)c4ccccc34)c2O)c1. The number of hydrogen-bond donors (Lipinski definition) is 2. The van der Waals surface area contributed by atoms with Gasteiger partial charge in [-0.3, -0.25) is 4.57 Å². The number of rotatable bonds is 6. The first-order valence-corrected chi connectivity index (χ1v) is 12.0. The van der Waals surface area contributed by atoms with Gasteiger partial charge in [-0.2, -0.15) is 5.26 Å². The van der Waals surface area contributed by atoms with Crippen LogP contribution in [-0.2, 0) is 15.9 Å². The number of aromatic nitrogens is 1. The van der Waals surface area contributed by atoms with E-state index in [1.54, 1.807) is 19.2 Å². The monoisotopic (exact) mass is 482 g/mol. The Labute approximate surface area is 208 Å². The van der Waals surface area contributed by atoms with Gasteiger partial charge in [0, 0.05) is 23.3 Å². The van der Waals surface area contributed by atoms with E-state index >= 15 is 0 Å². The van der Waals surface area contributed by atoms with Gasteiger partial charge in [0.1, 0.15) is 17.1 Å². The molecule has 1 aromatic heterocycles. The van der Waals surface area contributed by atoms with Crippen molar-refractivity contribution >= 4 is 10.8 Å². The summed E-state index contributed by atoms with van der Waals surface area (Å²) in [5.74, 6) is 1.34. The van der Waals surface area contributed by atoms with E-state index in [-0.39, 0.29) is 11.8 Å². The fraction of sp³-hybridized carbons (Fsp3) is 0.276. The van der Waals surface area contributed by atoms with E-state index in [1.165, 1.54) is 4.57 Å². The van der Waals surface area contributed by atoms with Crippen LogP contribution >= 0.6 is 0 Å². The number of ether oxygens (including phenoxy) is 3. The molecular weight excluding hydrogens is 456 g/mol. The molecule has 2 bridgehead atoms. The van der Waals surface area contributed by atoms with Crippen LogP contribution in [0.25, 0.3) is 16.5 Å². The normalized spacial score (nSPS) is 21.9. The summed E-state index contributed by atoms with van der Waals surface area (Å²) in [6, 6.07) is 20.6. The van der Waals surface area contributed by atoms with Crippen molar-refractivity contribution in [3.8, 4) is 35.0 Å². The van der Waals surface area contributed by atoms with Crippen LogP contribution in [0.4, 0.5) is 0 Å². The van der Waals surface area contributed by atoms with E-state index in [2.05, 4.69) is 6.07 Å². The molecule has 0 radical (unpaired) electrons. The molecule has 0 unspecified atom stereocenters. The second-order valence-electron chi connectivity index (χ2n) is 9.63. The molecule has 4 aromatic rings. The lowest BCUT2D eigenvalue weighted by Crippen LogP contribution is -2.25. The fourth-order valence-corrected chi connectivity index (χ4v) is 5.94. The zero-order valence-electron chi connectivity index (χ0n) is 20.1. The minimum absolute atomic E-state index is 0.0323. The minimum atomic E-state index is -0.766. The molecule has 3 heterocycles. The van der Waals surface area contributed by atoms with E-state index in [9.17, 15) is 15.5 Å². The Morgan fingerprint density at radius 2 is 1.72 bits per heavy atom. The molecule has 0 spiro atoms. The zero-order valence-corrected chi connectivity index (χ0v) is 20.1. The summed E-state index contributed by atoms with van der Waals surface area (Å²) in [5.41, 5.74) is 0.922. The van der Waals surface area contributed by atoms with Crippen molar-refractivity contribution < 1.29 is 24.4 Å². The first-order valence-electron chi connectivity index (χ1n) is 12.0. The van der Waals surface area contributed by atoms with Crippen LogP contribution in [0.3, 0.4) is 0 Å². The number of benzene rings is 3. The van der Waals surface area contributed by atoms with Crippen molar-refractivity contribution in [2.45, 2.75) is 37.4 Å². The highest BCUT2D eigenvalue weighted by Gasteiger charge is 2.61. The molecule has 2 aliphatic heterocycles. The van der Waals surface area contributed by atoms with Crippen LogP contribution in [0.15, 0.2) is 60.7 Å². The molecule has 6 rings (SSSR count). The highest BCUT2D eigenvalue weighted by atomic mass is 16.5. The minimum Gasteiger partial charge on any atom is -0.497 e. The van der Waals surface area contributed by atoms with Crippen LogP contribution in [0.1, 0.15) is 42.9 Å². The molecule has 2 aliphatic rings. The van der Waals surface area contributed by atoms with Crippen LogP contribution in [0.2, 0.25) is 0 Å². The van der Waals surface area contributed by atoms with Crippen molar-refractivity contribution in [3.05, 3.63) is 77.4 Å². The third kappa shape index (κ3) is 3.08. The summed E-state index contributed by atoms with van der Waals surface area (Å²) >= 11 is 0. The first-order chi connectivity index (χ1) is 17.4. The summed E-state index contributed by atoms with van der Waals surface area (Å²) in [5, 5.41) is 34.1. The average Bonchev–Trinajstić information content (AvgIpc) is 3.48. The summed E-state index contributed by atoms with van der Waals surface area (Å²) < 4.78 is 19.3. The number of methoxy groups -OCH3 is 1. The van der Waals surface area contributed by atoms with Crippen molar-refractivity contribution in [1.29, 1.82) is 5.26 Å². The Hall–Kier alpha value is -4.15. The Morgan fingerprint density at radius 3 is 2.50 bits per heavy atom. The van der Waals surface area contributed by atoms with Crippen molar-refractivity contribution in [2.24, 2.45) is 0 Å². The van der Waals surface area contributed by atoms with Crippen LogP contribution < -0.4 is 9.47 Å². The topological polar surface area (TPSA) is 96.9 Å². The average molecular weight is 483 g/mol.